The molecule has 0 spiro atoms. The van der Waals surface area contributed by atoms with Crippen molar-refractivity contribution < 1.29 is 4.52 Å². The molecule has 0 aliphatic heterocycles. The highest BCUT2D eigenvalue weighted by atomic mass is 16.5. The van der Waals surface area contributed by atoms with Gasteiger partial charge in [-0.2, -0.15) is 10.1 Å². The lowest BCUT2D eigenvalue weighted by atomic mass is 10.1. The quantitative estimate of drug-likeness (QED) is 0.531. The van der Waals surface area contributed by atoms with E-state index in [0.717, 1.165) is 33.4 Å². The fourth-order valence-electron chi connectivity index (χ4n) is 3.11. The van der Waals surface area contributed by atoms with Crippen LogP contribution in [0, 0.1) is 0 Å². The Kier molecular flexibility index (Phi) is 3.21. The number of aromatic nitrogens is 5. The van der Waals surface area contributed by atoms with Gasteiger partial charge in [0, 0.05) is 35.3 Å². The Balaban J connectivity index is 1.53. The molecule has 0 aliphatic carbocycles. The first-order valence-corrected chi connectivity index (χ1v) is 8.28. The van der Waals surface area contributed by atoms with Crippen molar-refractivity contribution in [2.24, 2.45) is 7.05 Å². The van der Waals surface area contributed by atoms with Gasteiger partial charge >= 0.3 is 0 Å². The van der Waals surface area contributed by atoms with Gasteiger partial charge in [-0.3, -0.25) is 4.68 Å². The van der Waals surface area contributed by atoms with E-state index < -0.39 is 0 Å². The van der Waals surface area contributed by atoms with E-state index in [0.29, 0.717) is 11.7 Å². The zero-order valence-electron chi connectivity index (χ0n) is 14.0. The molecule has 3 aromatic heterocycles. The number of benzene rings is 2. The van der Waals surface area contributed by atoms with Crippen LogP contribution in [0.1, 0.15) is 0 Å². The zero-order chi connectivity index (χ0) is 17.5. The summed E-state index contributed by atoms with van der Waals surface area (Å²) in [6, 6.07) is 20.1. The number of hydrogen-bond donors (Lipinski definition) is 1. The summed E-state index contributed by atoms with van der Waals surface area (Å²) in [7, 11) is 1.92. The van der Waals surface area contributed by atoms with Crippen LogP contribution in [-0.4, -0.2) is 24.9 Å². The van der Waals surface area contributed by atoms with Crippen molar-refractivity contribution in [3.05, 3.63) is 66.9 Å². The molecule has 126 valence electrons. The second-order valence-corrected chi connectivity index (χ2v) is 6.11. The molecule has 1 N–H and O–H groups in total. The van der Waals surface area contributed by atoms with Gasteiger partial charge in [-0.1, -0.05) is 41.6 Å². The Bertz CT molecular complexity index is 1180. The van der Waals surface area contributed by atoms with Gasteiger partial charge in [0.1, 0.15) is 5.69 Å². The minimum atomic E-state index is 0.474. The molecular formula is C20H15N5O. The average Bonchev–Trinajstić information content (AvgIpc) is 3.40. The van der Waals surface area contributed by atoms with Crippen LogP contribution in [0.5, 0.6) is 0 Å². The summed E-state index contributed by atoms with van der Waals surface area (Å²) >= 11 is 0. The molecule has 0 atom stereocenters. The van der Waals surface area contributed by atoms with Crippen LogP contribution in [0.15, 0.2) is 71.4 Å². The molecule has 5 rings (SSSR count). The van der Waals surface area contributed by atoms with Gasteiger partial charge in [-0.25, -0.2) is 0 Å². The number of H-pyrrole nitrogens is 1. The van der Waals surface area contributed by atoms with Crippen molar-refractivity contribution in [1.82, 2.24) is 24.9 Å². The van der Waals surface area contributed by atoms with Gasteiger partial charge in [-0.15, -0.1) is 0 Å². The summed E-state index contributed by atoms with van der Waals surface area (Å²) in [5, 5.41) is 9.48. The number of fused-ring (bicyclic) bond motifs is 1. The topological polar surface area (TPSA) is 72.5 Å². The summed E-state index contributed by atoms with van der Waals surface area (Å²) in [5.74, 6) is 1.03. The molecule has 26 heavy (non-hydrogen) atoms. The third kappa shape index (κ3) is 2.39. The van der Waals surface area contributed by atoms with E-state index in [1.807, 2.05) is 72.4 Å². The van der Waals surface area contributed by atoms with Crippen molar-refractivity contribution in [3.63, 3.8) is 0 Å². The Morgan fingerprint density at radius 3 is 2.69 bits per heavy atom. The van der Waals surface area contributed by atoms with Crippen molar-refractivity contribution in [2.75, 3.05) is 0 Å². The predicted molar refractivity (Wildman–Crippen MR) is 99.2 cm³/mol. The maximum absolute atomic E-state index is 5.48. The largest absolute Gasteiger partial charge is 0.351 e. The SMILES string of the molecule is Cn1nccc1-c1cccc(-c2noc(-c3cc4ccccc4[nH]3)n2)c1. The average molecular weight is 341 g/mol. The van der Waals surface area contributed by atoms with Gasteiger partial charge in [0.2, 0.25) is 5.82 Å². The van der Waals surface area contributed by atoms with Crippen LogP contribution in [0.3, 0.4) is 0 Å². The second kappa shape index (κ2) is 5.70. The van der Waals surface area contributed by atoms with E-state index >= 15 is 0 Å². The highest BCUT2D eigenvalue weighted by Crippen LogP contribution is 2.27. The number of aryl methyl sites for hydroxylation is 1. The first kappa shape index (κ1) is 14.7. The van der Waals surface area contributed by atoms with Crippen LogP contribution in [0.25, 0.3) is 45.1 Å². The Labute approximate surface area is 149 Å². The van der Waals surface area contributed by atoms with Crippen LogP contribution in [-0.2, 0) is 7.05 Å². The number of para-hydroxylation sites is 1. The van der Waals surface area contributed by atoms with Crippen LogP contribution in [0.4, 0.5) is 0 Å². The van der Waals surface area contributed by atoms with Gasteiger partial charge in [0.25, 0.3) is 5.89 Å². The molecule has 2 aromatic carbocycles. The van der Waals surface area contributed by atoms with E-state index in [4.69, 9.17) is 4.52 Å². The lowest BCUT2D eigenvalue weighted by molar-refractivity contribution is 0.431. The number of rotatable bonds is 3. The molecule has 0 unspecified atom stereocenters. The van der Waals surface area contributed by atoms with Crippen LogP contribution < -0.4 is 0 Å². The predicted octanol–water partition coefficient (Wildman–Crippen LogP) is 4.29. The summed E-state index contributed by atoms with van der Waals surface area (Å²) in [4.78, 5) is 7.87. The third-order valence-electron chi connectivity index (χ3n) is 4.42. The highest BCUT2D eigenvalue weighted by molar-refractivity contribution is 5.84. The molecule has 0 saturated heterocycles. The summed E-state index contributed by atoms with van der Waals surface area (Å²) in [6.45, 7) is 0. The van der Waals surface area contributed by atoms with E-state index in [2.05, 4.69) is 20.2 Å². The number of nitrogens with zero attached hydrogens (tertiary/aromatic N) is 4. The molecule has 0 amide bonds. The molecule has 6 heteroatoms. The Morgan fingerprint density at radius 2 is 1.85 bits per heavy atom. The van der Waals surface area contributed by atoms with E-state index in [9.17, 15) is 0 Å². The molecule has 0 bridgehead atoms. The standard InChI is InChI=1S/C20H15N5O/c1-25-18(9-10-21-25)14-6-4-7-15(11-14)19-23-20(26-24-19)17-12-13-5-2-3-8-16(13)22-17/h2-12,22H,1H3. The van der Waals surface area contributed by atoms with Crippen LogP contribution >= 0.6 is 0 Å². The third-order valence-corrected chi connectivity index (χ3v) is 4.42. The zero-order valence-corrected chi connectivity index (χ0v) is 14.0. The molecule has 0 saturated carbocycles. The molecular weight excluding hydrogens is 326 g/mol. The van der Waals surface area contributed by atoms with Crippen molar-refractivity contribution in [2.45, 2.75) is 0 Å². The normalized spacial score (nSPS) is 11.3. The van der Waals surface area contributed by atoms with E-state index in [1.165, 1.54) is 0 Å². The van der Waals surface area contributed by atoms with Crippen LogP contribution in [0.2, 0.25) is 0 Å². The van der Waals surface area contributed by atoms with E-state index in [1.54, 1.807) is 6.20 Å². The number of aromatic amines is 1. The lowest BCUT2D eigenvalue weighted by Crippen LogP contribution is -1.93. The molecule has 0 aliphatic rings. The minimum absolute atomic E-state index is 0.474. The summed E-state index contributed by atoms with van der Waals surface area (Å²) < 4.78 is 7.32. The first-order chi connectivity index (χ1) is 12.8. The molecule has 0 fully saturated rings. The molecule has 3 heterocycles. The summed E-state index contributed by atoms with van der Waals surface area (Å²) in [6.07, 6.45) is 1.78. The fraction of sp³-hybridized carbons (Fsp3) is 0.0500. The minimum Gasteiger partial charge on any atom is -0.351 e. The summed E-state index contributed by atoms with van der Waals surface area (Å²) in [5.41, 5.74) is 4.84. The van der Waals surface area contributed by atoms with Crippen molar-refractivity contribution in [1.29, 1.82) is 0 Å². The fourth-order valence-corrected chi connectivity index (χ4v) is 3.11. The van der Waals surface area contributed by atoms with Gasteiger partial charge in [0.15, 0.2) is 0 Å². The molecule has 6 nitrogen and oxygen atoms in total. The monoisotopic (exact) mass is 341 g/mol. The lowest BCUT2D eigenvalue weighted by Gasteiger charge is -2.03. The van der Waals surface area contributed by atoms with E-state index in [-0.39, 0.29) is 0 Å². The molecule has 5 aromatic rings. The van der Waals surface area contributed by atoms with Gasteiger partial charge < -0.3 is 9.51 Å². The van der Waals surface area contributed by atoms with Gasteiger partial charge in [-0.05, 0) is 24.3 Å². The first-order valence-electron chi connectivity index (χ1n) is 8.28. The maximum atomic E-state index is 5.48. The van der Waals surface area contributed by atoms with Crippen molar-refractivity contribution in [3.8, 4) is 34.2 Å². The maximum Gasteiger partial charge on any atom is 0.274 e. The Morgan fingerprint density at radius 1 is 0.962 bits per heavy atom. The second-order valence-electron chi connectivity index (χ2n) is 6.11. The molecule has 0 radical (unpaired) electrons. The van der Waals surface area contributed by atoms with Crippen molar-refractivity contribution >= 4 is 10.9 Å². The number of nitrogens with one attached hydrogen (secondary N) is 1. The smallest absolute Gasteiger partial charge is 0.274 e. The van der Waals surface area contributed by atoms with Gasteiger partial charge in [0.05, 0.1) is 5.69 Å². The Hall–Kier alpha value is -3.67. The number of hydrogen-bond acceptors (Lipinski definition) is 4. The highest BCUT2D eigenvalue weighted by Gasteiger charge is 2.14.